The van der Waals surface area contributed by atoms with Gasteiger partial charge in [0, 0.05) is 31.2 Å². The minimum atomic E-state index is -0.0991. The van der Waals surface area contributed by atoms with Gasteiger partial charge in [-0.2, -0.15) is 0 Å². The van der Waals surface area contributed by atoms with Gasteiger partial charge in [-0.25, -0.2) is 9.97 Å². The van der Waals surface area contributed by atoms with Crippen LogP contribution in [0.25, 0.3) is 0 Å². The van der Waals surface area contributed by atoms with E-state index in [1.54, 1.807) is 0 Å². The standard InChI is InChI=1S/C14H24N4O/c1-10-9-18(6-5-7-19-10)12-8-11(15)16-13(17-12)14(2,3)4/h8,10H,5-7,9H2,1-4H3,(H2,15,16,17). The van der Waals surface area contributed by atoms with Crippen LogP contribution < -0.4 is 10.6 Å². The minimum Gasteiger partial charge on any atom is -0.384 e. The van der Waals surface area contributed by atoms with Gasteiger partial charge in [0.25, 0.3) is 0 Å². The van der Waals surface area contributed by atoms with E-state index < -0.39 is 0 Å². The molecule has 1 atom stereocenters. The summed E-state index contributed by atoms with van der Waals surface area (Å²) in [5.41, 5.74) is 5.83. The number of hydrogen-bond donors (Lipinski definition) is 1. The zero-order valence-electron chi connectivity index (χ0n) is 12.3. The first-order valence-electron chi connectivity index (χ1n) is 6.88. The maximum Gasteiger partial charge on any atom is 0.138 e. The van der Waals surface area contributed by atoms with Crippen molar-refractivity contribution in [2.45, 2.75) is 45.6 Å². The van der Waals surface area contributed by atoms with Gasteiger partial charge in [-0.05, 0) is 13.3 Å². The zero-order chi connectivity index (χ0) is 14.0. The maximum absolute atomic E-state index is 5.93. The van der Waals surface area contributed by atoms with Crippen LogP contribution in [-0.4, -0.2) is 35.8 Å². The van der Waals surface area contributed by atoms with E-state index in [1.165, 1.54) is 0 Å². The van der Waals surface area contributed by atoms with Crippen LogP contribution in [0.3, 0.4) is 0 Å². The molecule has 0 amide bonds. The molecule has 5 heteroatoms. The van der Waals surface area contributed by atoms with Gasteiger partial charge in [-0.3, -0.25) is 0 Å². The van der Waals surface area contributed by atoms with Gasteiger partial charge in [-0.1, -0.05) is 20.8 Å². The molecule has 2 heterocycles. The maximum atomic E-state index is 5.93. The van der Waals surface area contributed by atoms with E-state index in [0.29, 0.717) is 5.82 Å². The van der Waals surface area contributed by atoms with Crippen LogP contribution in [-0.2, 0) is 10.2 Å². The molecule has 1 saturated heterocycles. The summed E-state index contributed by atoms with van der Waals surface area (Å²) in [6.45, 7) is 11.0. The third kappa shape index (κ3) is 3.56. The summed E-state index contributed by atoms with van der Waals surface area (Å²) in [5, 5.41) is 0. The average Bonchev–Trinajstić information content (AvgIpc) is 2.52. The summed E-state index contributed by atoms with van der Waals surface area (Å²) in [7, 11) is 0. The highest BCUT2D eigenvalue weighted by molar-refractivity contribution is 5.47. The molecular formula is C14H24N4O. The van der Waals surface area contributed by atoms with E-state index in [0.717, 1.165) is 37.8 Å². The van der Waals surface area contributed by atoms with Crippen LogP contribution in [0.2, 0.25) is 0 Å². The number of aromatic nitrogens is 2. The predicted molar refractivity (Wildman–Crippen MR) is 77.4 cm³/mol. The molecule has 2 rings (SSSR count). The summed E-state index contributed by atoms with van der Waals surface area (Å²) in [6.07, 6.45) is 1.23. The highest BCUT2D eigenvalue weighted by Crippen LogP contribution is 2.24. The first kappa shape index (κ1) is 14.1. The van der Waals surface area contributed by atoms with E-state index in [9.17, 15) is 0 Å². The number of hydrogen-bond acceptors (Lipinski definition) is 5. The Morgan fingerprint density at radius 1 is 1.37 bits per heavy atom. The van der Waals surface area contributed by atoms with Crippen molar-refractivity contribution in [3.05, 3.63) is 11.9 Å². The molecule has 1 aromatic heterocycles. The molecule has 19 heavy (non-hydrogen) atoms. The predicted octanol–water partition coefficient (Wildman–Crippen LogP) is 1.97. The molecule has 1 aliphatic heterocycles. The smallest absolute Gasteiger partial charge is 0.138 e. The van der Waals surface area contributed by atoms with Crippen LogP contribution in [0.5, 0.6) is 0 Å². The van der Waals surface area contributed by atoms with E-state index in [1.807, 2.05) is 6.07 Å². The quantitative estimate of drug-likeness (QED) is 0.840. The highest BCUT2D eigenvalue weighted by Gasteiger charge is 2.22. The molecule has 0 bridgehead atoms. The lowest BCUT2D eigenvalue weighted by Crippen LogP contribution is -2.32. The molecule has 2 N–H and O–H groups in total. The number of ether oxygens (including phenoxy) is 1. The molecule has 0 aromatic carbocycles. The van der Waals surface area contributed by atoms with Crippen LogP contribution in [0, 0.1) is 0 Å². The lowest BCUT2D eigenvalue weighted by Gasteiger charge is -2.25. The van der Waals surface area contributed by atoms with Crippen molar-refractivity contribution in [2.75, 3.05) is 30.3 Å². The minimum absolute atomic E-state index is 0.0991. The second-order valence-corrected chi connectivity index (χ2v) is 6.21. The van der Waals surface area contributed by atoms with Crippen molar-refractivity contribution in [2.24, 2.45) is 0 Å². The highest BCUT2D eigenvalue weighted by atomic mass is 16.5. The number of anilines is 2. The summed E-state index contributed by atoms with van der Waals surface area (Å²) in [6, 6.07) is 1.85. The molecule has 1 aromatic rings. The number of nitrogens with zero attached hydrogens (tertiary/aromatic N) is 3. The molecule has 1 fully saturated rings. The summed E-state index contributed by atoms with van der Waals surface area (Å²) in [4.78, 5) is 11.3. The fraction of sp³-hybridized carbons (Fsp3) is 0.714. The molecule has 1 unspecified atom stereocenters. The van der Waals surface area contributed by atoms with Crippen LogP contribution in [0.4, 0.5) is 11.6 Å². The monoisotopic (exact) mass is 264 g/mol. The van der Waals surface area contributed by atoms with Gasteiger partial charge in [0.05, 0.1) is 6.10 Å². The second kappa shape index (κ2) is 5.33. The third-order valence-corrected chi connectivity index (χ3v) is 3.18. The molecular weight excluding hydrogens is 240 g/mol. The zero-order valence-corrected chi connectivity index (χ0v) is 12.3. The van der Waals surface area contributed by atoms with Gasteiger partial charge in [-0.15, -0.1) is 0 Å². The van der Waals surface area contributed by atoms with Crippen LogP contribution >= 0.6 is 0 Å². The molecule has 0 radical (unpaired) electrons. The van der Waals surface area contributed by atoms with Crippen molar-refractivity contribution in [1.82, 2.24) is 9.97 Å². The molecule has 0 spiro atoms. The Labute approximate surface area is 115 Å². The lowest BCUT2D eigenvalue weighted by molar-refractivity contribution is 0.0820. The third-order valence-electron chi connectivity index (χ3n) is 3.18. The van der Waals surface area contributed by atoms with E-state index >= 15 is 0 Å². The van der Waals surface area contributed by atoms with E-state index in [-0.39, 0.29) is 11.5 Å². The average molecular weight is 264 g/mol. The van der Waals surface area contributed by atoms with Gasteiger partial charge in [0.1, 0.15) is 17.5 Å². The Morgan fingerprint density at radius 3 is 2.79 bits per heavy atom. The Morgan fingerprint density at radius 2 is 2.11 bits per heavy atom. The Hall–Kier alpha value is -1.36. The van der Waals surface area contributed by atoms with Gasteiger partial charge in [0.15, 0.2) is 0 Å². The molecule has 0 saturated carbocycles. The van der Waals surface area contributed by atoms with Crippen LogP contribution in [0.1, 0.15) is 39.9 Å². The first-order valence-corrected chi connectivity index (χ1v) is 6.88. The summed E-state index contributed by atoms with van der Waals surface area (Å²) < 4.78 is 5.67. The van der Waals surface area contributed by atoms with Crippen molar-refractivity contribution in [3.63, 3.8) is 0 Å². The molecule has 0 aliphatic carbocycles. The van der Waals surface area contributed by atoms with Crippen molar-refractivity contribution >= 4 is 11.6 Å². The Bertz CT molecular complexity index is 442. The Kier molecular flexibility index (Phi) is 3.94. The van der Waals surface area contributed by atoms with Crippen molar-refractivity contribution < 1.29 is 4.74 Å². The largest absolute Gasteiger partial charge is 0.384 e. The summed E-state index contributed by atoms with van der Waals surface area (Å²) >= 11 is 0. The number of rotatable bonds is 1. The molecule has 5 nitrogen and oxygen atoms in total. The van der Waals surface area contributed by atoms with Gasteiger partial charge in [0.2, 0.25) is 0 Å². The van der Waals surface area contributed by atoms with Gasteiger partial charge >= 0.3 is 0 Å². The van der Waals surface area contributed by atoms with Gasteiger partial charge < -0.3 is 15.4 Å². The van der Waals surface area contributed by atoms with Crippen LogP contribution in [0.15, 0.2) is 6.07 Å². The van der Waals surface area contributed by atoms with Crippen molar-refractivity contribution in [1.29, 1.82) is 0 Å². The van der Waals surface area contributed by atoms with E-state index in [2.05, 4.69) is 42.6 Å². The topological polar surface area (TPSA) is 64.3 Å². The molecule has 106 valence electrons. The molecule has 1 aliphatic rings. The lowest BCUT2D eigenvalue weighted by atomic mass is 9.96. The summed E-state index contributed by atoms with van der Waals surface area (Å²) in [5.74, 6) is 2.24. The second-order valence-electron chi connectivity index (χ2n) is 6.21. The SMILES string of the molecule is CC1CN(c2cc(N)nc(C(C)(C)C)n2)CCCO1. The normalized spacial score (nSPS) is 21.3. The Balaban J connectivity index is 2.30. The number of nitrogen functional groups attached to an aromatic ring is 1. The number of nitrogens with two attached hydrogens (primary N) is 1. The van der Waals surface area contributed by atoms with Crippen molar-refractivity contribution in [3.8, 4) is 0 Å². The first-order chi connectivity index (χ1) is 8.86. The fourth-order valence-electron chi connectivity index (χ4n) is 2.15. The van der Waals surface area contributed by atoms with E-state index in [4.69, 9.17) is 10.5 Å². The fourth-order valence-corrected chi connectivity index (χ4v) is 2.15.